The normalized spacial score (nSPS) is 14.9. The van der Waals surface area contributed by atoms with Crippen LogP contribution in [0.4, 0.5) is 0 Å². The minimum Gasteiger partial charge on any atom is -0.486 e. The summed E-state index contributed by atoms with van der Waals surface area (Å²) in [5, 5.41) is 11.1. The van der Waals surface area contributed by atoms with Crippen LogP contribution in [0.3, 0.4) is 0 Å². The Morgan fingerprint density at radius 3 is 2.70 bits per heavy atom. The highest BCUT2D eigenvalue weighted by Crippen LogP contribution is 2.38. The van der Waals surface area contributed by atoms with Crippen molar-refractivity contribution in [3.8, 4) is 11.5 Å². The number of hydrogen-bond donors (Lipinski definition) is 1. The molecule has 1 N–H and O–H groups in total. The predicted octanol–water partition coefficient (Wildman–Crippen LogP) is 3.39. The highest BCUT2D eigenvalue weighted by Gasteiger charge is 2.21. The fourth-order valence-corrected chi connectivity index (χ4v) is 2.55. The highest BCUT2D eigenvalue weighted by atomic mass is 35.5. The van der Waals surface area contributed by atoms with Gasteiger partial charge in [-0.3, -0.25) is 0 Å². The van der Waals surface area contributed by atoms with Crippen molar-refractivity contribution in [2.45, 2.75) is 12.5 Å². The van der Waals surface area contributed by atoms with Crippen LogP contribution in [-0.2, 0) is 6.42 Å². The maximum Gasteiger partial charge on any atom is 0.167 e. The molecular weight excluding hydrogens is 276 g/mol. The van der Waals surface area contributed by atoms with Crippen molar-refractivity contribution in [3.63, 3.8) is 0 Å². The van der Waals surface area contributed by atoms with E-state index in [0.29, 0.717) is 36.2 Å². The Labute approximate surface area is 122 Å². The van der Waals surface area contributed by atoms with E-state index >= 15 is 0 Å². The van der Waals surface area contributed by atoms with Gasteiger partial charge < -0.3 is 14.6 Å². The molecule has 20 heavy (non-hydrogen) atoms. The molecular formula is C16H15ClO3. The summed E-state index contributed by atoms with van der Waals surface area (Å²) >= 11 is 6.13. The molecule has 3 nitrogen and oxygen atoms in total. The maximum absolute atomic E-state index is 10.5. The van der Waals surface area contributed by atoms with Gasteiger partial charge in [0, 0.05) is 17.0 Å². The number of rotatable bonds is 3. The second-order valence-electron chi connectivity index (χ2n) is 4.68. The lowest BCUT2D eigenvalue weighted by atomic mass is 10.00. The molecule has 0 bridgehead atoms. The lowest BCUT2D eigenvalue weighted by Gasteiger charge is -2.23. The topological polar surface area (TPSA) is 38.7 Å². The fourth-order valence-electron chi connectivity index (χ4n) is 2.34. The summed E-state index contributed by atoms with van der Waals surface area (Å²) in [6.45, 7) is 1.04. The van der Waals surface area contributed by atoms with E-state index in [4.69, 9.17) is 21.1 Å². The molecule has 1 unspecified atom stereocenters. The zero-order chi connectivity index (χ0) is 13.9. The third-order valence-corrected chi connectivity index (χ3v) is 3.70. The monoisotopic (exact) mass is 290 g/mol. The van der Waals surface area contributed by atoms with Crippen molar-refractivity contribution in [2.24, 2.45) is 0 Å². The first-order valence-electron chi connectivity index (χ1n) is 6.55. The van der Waals surface area contributed by atoms with Crippen molar-refractivity contribution >= 4 is 11.6 Å². The van der Waals surface area contributed by atoms with Crippen molar-refractivity contribution in [1.82, 2.24) is 0 Å². The van der Waals surface area contributed by atoms with Gasteiger partial charge in [0.05, 0.1) is 6.10 Å². The number of ether oxygens (including phenoxy) is 2. The molecule has 3 rings (SSSR count). The van der Waals surface area contributed by atoms with Crippen LogP contribution in [0.25, 0.3) is 0 Å². The fraction of sp³-hybridized carbons (Fsp3) is 0.250. The smallest absolute Gasteiger partial charge is 0.167 e. The Morgan fingerprint density at radius 1 is 1.05 bits per heavy atom. The number of hydrogen-bond acceptors (Lipinski definition) is 3. The van der Waals surface area contributed by atoms with Crippen LogP contribution in [-0.4, -0.2) is 18.3 Å². The molecule has 1 atom stereocenters. The van der Waals surface area contributed by atoms with Gasteiger partial charge in [0.25, 0.3) is 0 Å². The number of halogens is 1. The van der Waals surface area contributed by atoms with Crippen molar-refractivity contribution in [3.05, 3.63) is 58.6 Å². The van der Waals surface area contributed by atoms with Crippen molar-refractivity contribution < 1.29 is 14.6 Å². The quantitative estimate of drug-likeness (QED) is 0.942. The SMILES string of the molecule is OC(Cc1ccccc1Cl)c1cccc2c1OCCO2. The van der Waals surface area contributed by atoms with E-state index in [-0.39, 0.29) is 0 Å². The van der Waals surface area contributed by atoms with Gasteiger partial charge in [0.2, 0.25) is 0 Å². The molecule has 0 fully saturated rings. The van der Waals surface area contributed by atoms with E-state index in [9.17, 15) is 5.11 Å². The van der Waals surface area contributed by atoms with Gasteiger partial charge in [0.1, 0.15) is 13.2 Å². The van der Waals surface area contributed by atoms with Crippen molar-refractivity contribution in [2.75, 3.05) is 13.2 Å². The zero-order valence-electron chi connectivity index (χ0n) is 10.9. The molecule has 0 radical (unpaired) electrons. The lowest BCUT2D eigenvalue weighted by molar-refractivity contribution is 0.146. The van der Waals surface area contributed by atoms with Gasteiger partial charge >= 0.3 is 0 Å². The summed E-state index contributed by atoms with van der Waals surface area (Å²) in [7, 11) is 0. The summed E-state index contributed by atoms with van der Waals surface area (Å²) in [5.41, 5.74) is 1.65. The molecule has 4 heteroatoms. The number of aliphatic hydroxyl groups excluding tert-OH is 1. The average Bonchev–Trinajstić information content (AvgIpc) is 2.49. The first kappa shape index (κ1) is 13.3. The molecule has 1 aliphatic rings. The first-order valence-corrected chi connectivity index (χ1v) is 6.93. The number of benzene rings is 2. The Balaban J connectivity index is 1.88. The van der Waals surface area contributed by atoms with Crippen LogP contribution < -0.4 is 9.47 Å². The molecule has 0 amide bonds. The third kappa shape index (κ3) is 2.60. The molecule has 0 saturated heterocycles. The van der Waals surface area contributed by atoms with Crippen LogP contribution in [0.2, 0.25) is 5.02 Å². The predicted molar refractivity (Wildman–Crippen MR) is 77.5 cm³/mol. The molecule has 1 heterocycles. The van der Waals surface area contributed by atoms with Gasteiger partial charge in [-0.25, -0.2) is 0 Å². The van der Waals surface area contributed by atoms with Gasteiger partial charge in [0.15, 0.2) is 11.5 Å². The van der Waals surface area contributed by atoms with E-state index in [1.165, 1.54) is 0 Å². The van der Waals surface area contributed by atoms with Crippen LogP contribution in [0.5, 0.6) is 11.5 Å². The van der Waals surface area contributed by atoms with Crippen LogP contribution >= 0.6 is 11.6 Å². The molecule has 1 aliphatic heterocycles. The molecule has 0 aromatic heterocycles. The Bertz CT molecular complexity index is 612. The zero-order valence-corrected chi connectivity index (χ0v) is 11.6. The third-order valence-electron chi connectivity index (χ3n) is 3.33. The van der Waals surface area contributed by atoms with Gasteiger partial charge in [-0.2, -0.15) is 0 Å². The summed E-state index contributed by atoms with van der Waals surface area (Å²) in [6, 6.07) is 13.1. The van der Waals surface area contributed by atoms with E-state index in [1.807, 2.05) is 42.5 Å². The largest absolute Gasteiger partial charge is 0.486 e. The average molecular weight is 291 g/mol. The van der Waals surface area contributed by atoms with Gasteiger partial charge in [-0.05, 0) is 17.7 Å². The summed E-state index contributed by atoms with van der Waals surface area (Å²) in [4.78, 5) is 0. The lowest BCUT2D eigenvalue weighted by Crippen LogP contribution is -2.17. The molecule has 2 aromatic carbocycles. The molecule has 0 saturated carbocycles. The molecule has 0 aliphatic carbocycles. The van der Waals surface area contributed by atoms with E-state index in [2.05, 4.69) is 0 Å². The van der Waals surface area contributed by atoms with Gasteiger partial charge in [-0.1, -0.05) is 41.9 Å². The molecule has 2 aromatic rings. The number of fused-ring (bicyclic) bond motifs is 1. The highest BCUT2D eigenvalue weighted by molar-refractivity contribution is 6.31. The summed E-state index contributed by atoms with van der Waals surface area (Å²) in [5.74, 6) is 1.32. The van der Waals surface area contributed by atoms with E-state index in [1.54, 1.807) is 0 Å². The van der Waals surface area contributed by atoms with Crippen molar-refractivity contribution in [1.29, 1.82) is 0 Å². The Hall–Kier alpha value is -1.71. The minimum atomic E-state index is -0.674. The van der Waals surface area contributed by atoms with Crippen LogP contribution in [0, 0.1) is 0 Å². The number of aliphatic hydroxyl groups is 1. The summed E-state index contributed by atoms with van der Waals surface area (Å²) in [6.07, 6.45) is -0.231. The number of para-hydroxylation sites is 1. The van der Waals surface area contributed by atoms with E-state index < -0.39 is 6.10 Å². The first-order chi connectivity index (χ1) is 9.75. The standard InChI is InChI=1S/C16H15ClO3/c17-13-6-2-1-4-11(13)10-14(18)12-5-3-7-15-16(12)20-9-8-19-15/h1-7,14,18H,8-10H2. The Morgan fingerprint density at radius 2 is 1.85 bits per heavy atom. The second-order valence-corrected chi connectivity index (χ2v) is 5.09. The van der Waals surface area contributed by atoms with Crippen LogP contribution in [0.1, 0.15) is 17.2 Å². The van der Waals surface area contributed by atoms with Gasteiger partial charge in [-0.15, -0.1) is 0 Å². The minimum absolute atomic E-state index is 0.444. The maximum atomic E-state index is 10.5. The van der Waals surface area contributed by atoms with Crippen LogP contribution in [0.15, 0.2) is 42.5 Å². The molecule has 0 spiro atoms. The second kappa shape index (κ2) is 5.73. The molecule has 104 valence electrons. The van der Waals surface area contributed by atoms with E-state index in [0.717, 1.165) is 11.1 Å². The Kier molecular flexibility index (Phi) is 3.81. The summed E-state index contributed by atoms with van der Waals surface area (Å²) < 4.78 is 11.2.